The zero-order chi connectivity index (χ0) is 13.9. The van der Waals surface area contributed by atoms with E-state index >= 15 is 0 Å². The van der Waals surface area contributed by atoms with E-state index in [1.807, 2.05) is 12.1 Å². The largest absolute Gasteiger partial charge is 0.508 e. The number of nitrogens with zero attached hydrogens (tertiary/aromatic N) is 3. The van der Waals surface area contributed by atoms with E-state index in [1.165, 1.54) is 11.4 Å². The van der Waals surface area contributed by atoms with Crippen LogP contribution in [0.5, 0.6) is 5.75 Å². The van der Waals surface area contributed by atoms with Crippen molar-refractivity contribution in [2.45, 2.75) is 6.54 Å². The molecule has 1 aliphatic heterocycles. The molecule has 1 aliphatic rings. The minimum absolute atomic E-state index is 0.330. The Hall–Kier alpha value is -1.94. The Morgan fingerprint density at radius 2 is 1.70 bits per heavy atom. The van der Waals surface area contributed by atoms with E-state index in [2.05, 4.69) is 39.7 Å². The van der Waals surface area contributed by atoms with E-state index in [1.54, 1.807) is 12.1 Å². The first-order valence-electron chi connectivity index (χ1n) is 7.09. The molecule has 1 aromatic heterocycles. The Labute approximate surface area is 119 Å². The third kappa shape index (κ3) is 2.80. The van der Waals surface area contributed by atoms with Gasteiger partial charge in [0.05, 0.1) is 0 Å². The van der Waals surface area contributed by atoms with Crippen molar-refractivity contribution < 1.29 is 5.11 Å². The number of phenolic OH excluding ortho intramolecular Hbond substituents is 1. The average Bonchev–Trinajstić information content (AvgIpc) is 2.86. The van der Waals surface area contributed by atoms with Crippen LogP contribution in [0.4, 0.5) is 5.69 Å². The first-order valence-corrected chi connectivity index (χ1v) is 7.09. The van der Waals surface area contributed by atoms with Crippen molar-refractivity contribution in [2.75, 3.05) is 31.1 Å². The van der Waals surface area contributed by atoms with E-state index in [4.69, 9.17) is 0 Å². The molecule has 1 saturated heterocycles. The maximum Gasteiger partial charge on any atom is 0.115 e. The van der Waals surface area contributed by atoms with Crippen LogP contribution in [0.25, 0.3) is 0 Å². The minimum atomic E-state index is 0.330. The van der Waals surface area contributed by atoms with Crippen LogP contribution in [0, 0.1) is 0 Å². The van der Waals surface area contributed by atoms with Gasteiger partial charge in [-0.2, -0.15) is 0 Å². The summed E-state index contributed by atoms with van der Waals surface area (Å²) >= 11 is 0. The molecule has 1 fully saturated rings. The molecule has 106 valence electrons. The van der Waals surface area contributed by atoms with Crippen molar-refractivity contribution in [1.29, 1.82) is 0 Å². The third-order valence-electron chi connectivity index (χ3n) is 4.02. The van der Waals surface area contributed by atoms with E-state index in [0.29, 0.717) is 5.75 Å². The third-order valence-corrected chi connectivity index (χ3v) is 4.02. The lowest BCUT2D eigenvalue weighted by molar-refractivity contribution is 0.245. The van der Waals surface area contributed by atoms with Crippen molar-refractivity contribution in [3.63, 3.8) is 0 Å². The molecule has 0 bridgehead atoms. The minimum Gasteiger partial charge on any atom is -0.508 e. The maximum absolute atomic E-state index is 9.34. The van der Waals surface area contributed by atoms with Crippen LogP contribution >= 0.6 is 0 Å². The number of aromatic hydroxyl groups is 1. The summed E-state index contributed by atoms with van der Waals surface area (Å²) in [6.07, 6.45) is 2.10. The number of aryl methyl sites for hydroxylation is 1. The molecular weight excluding hydrogens is 250 g/mol. The number of benzene rings is 1. The van der Waals surface area contributed by atoms with Crippen molar-refractivity contribution in [3.8, 4) is 5.75 Å². The normalized spacial score (nSPS) is 16.6. The quantitative estimate of drug-likeness (QED) is 0.927. The molecule has 2 heterocycles. The SMILES string of the molecule is Cn1cccc1CN1CCN(c2ccc(O)cc2)CC1. The summed E-state index contributed by atoms with van der Waals surface area (Å²) in [5, 5.41) is 9.34. The first-order chi connectivity index (χ1) is 9.72. The van der Waals surface area contributed by atoms with E-state index in [-0.39, 0.29) is 0 Å². The molecule has 3 rings (SSSR count). The summed E-state index contributed by atoms with van der Waals surface area (Å²) < 4.78 is 2.19. The molecule has 2 aromatic rings. The van der Waals surface area contributed by atoms with Gasteiger partial charge in [-0.25, -0.2) is 0 Å². The van der Waals surface area contributed by atoms with Gasteiger partial charge >= 0.3 is 0 Å². The predicted molar refractivity (Wildman–Crippen MR) is 81.0 cm³/mol. The number of rotatable bonds is 3. The highest BCUT2D eigenvalue weighted by Gasteiger charge is 2.17. The van der Waals surface area contributed by atoms with E-state index < -0.39 is 0 Å². The Bertz CT molecular complexity index is 553. The van der Waals surface area contributed by atoms with Crippen LogP contribution in [-0.4, -0.2) is 40.8 Å². The van der Waals surface area contributed by atoms with Crippen LogP contribution in [0.1, 0.15) is 5.69 Å². The van der Waals surface area contributed by atoms with Gasteiger partial charge < -0.3 is 14.6 Å². The molecule has 0 atom stereocenters. The van der Waals surface area contributed by atoms with Gasteiger partial charge in [0.1, 0.15) is 5.75 Å². The van der Waals surface area contributed by atoms with Gasteiger partial charge in [-0.15, -0.1) is 0 Å². The maximum atomic E-state index is 9.34. The fraction of sp³-hybridized carbons (Fsp3) is 0.375. The van der Waals surface area contributed by atoms with E-state index in [9.17, 15) is 5.11 Å². The lowest BCUT2D eigenvalue weighted by atomic mass is 10.2. The van der Waals surface area contributed by atoms with Gasteiger partial charge in [0.2, 0.25) is 0 Å². The standard InChI is InChI=1S/C16H21N3O/c1-17-8-2-3-15(17)13-18-9-11-19(12-10-18)14-4-6-16(20)7-5-14/h2-8,20H,9-13H2,1H3. The summed E-state index contributed by atoms with van der Waals surface area (Å²) in [4.78, 5) is 4.87. The van der Waals surface area contributed by atoms with E-state index in [0.717, 1.165) is 32.7 Å². The molecule has 0 aliphatic carbocycles. The van der Waals surface area contributed by atoms with Crippen LogP contribution in [0.15, 0.2) is 42.6 Å². The van der Waals surface area contributed by atoms with Crippen molar-refractivity contribution in [2.24, 2.45) is 7.05 Å². The number of aromatic nitrogens is 1. The van der Waals surface area contributed by atoms with Gasteiger partial charge in [0.25, 0.3) is 0 Å². The number of anilines is 1. The van der Waals surface area contributed by atoms with Crippen LogP contribution in [0.3, 0.4) is 0 Å². The van der Waals surface area contributed by atoms with Gasteiger partial charge in [0.15, 0.2) is 0 Å². The highest BCUT2D eigenvalue weighted by atomic mass is 16.3. The second kappa shape index (κ2) is 5.59. The zero-order valence-corrected chi connectivity index (χ0v) is 11.9. The van der Waals surface area contributed by atoms with Crippen molar-refractivity contribution >= 4 is 5.69 Å². The fourth-order valence-corrected chi connectivity index (χ4v) is 2.72. The number of hydrogen-bond donors (Lipinski definition) is 1. The highest BCUT2D eigenvalue weighted by molar-refractivity contribution is 5.49. The lowest BCUT2D eigenvalue weighted by Gasteiger charge is -2.36. The molecule has 0 saturated carbocycles. The molecule has 0 unspecified atom stereocenters. The summed E-state index contributed by atoms with van der Waals surface area (Å²) in [6.45, 7) is 5.25. The smallest absolute Gasteiger partial charge is 0.115 e. The molecule has 1 aromatic carbocycles. The molecule has 20 heavy (non-hydrogen) atoms. The molecule has 0 spiro atoms. The lowest BCUT2D eigenvalue weighted by Crippen LogP contribution is -2.46. The van der Waals surface area contributed by atoms with Crippen LogP contribution in [0.2, 0.25) is 0 Å². The number of phenols is 1. The predicted octanol–water partition coefficient (Wildman–Crippen LogP) is 2.05. The Morgan fingerprint density at radius 1 is 1.00 bits per heavy atom. The van der Waals surface area contributed by atoms with Crippen molar-refractivity contribution in [3.05, 3.63) is 48.3 Å². The molecule has 1 N–H and O–H groups in total. The summed E-state index contributed by atoms with van der Waals surface area (Å²) in [6, 6.07) is 11.8. The molecule has 0 amide bonds. The number of piperazine rings is 1. The van der Waals surface area contributed by atoms with Gasteiger partial charge in [-0.3, -0.25) is 4.90 Å². The van der Waals surface area contributed by atoms with Crippen LogP contribution in [-0.2, 0) is 13.6 Å². The molecular formula is C16H21N3O. The molecule has 0 radical (unpaired) electrons. The number of hydrogen-bond acceptors (Lipinski definition) is 3. The Balaban J connectivity index is 1.57. The second-order valence-corrected chi connectivity index (χ2v) is 5.39. The summed E-state index contributed by atoms with van der Waals surface area (Å²) in [5.41, 5.74) is 2.56. The fourth-order valence-electron chi connectivity index (χ4n) is 2.72. The Kier molecular flexibility index (Phi) is 3.65. The van der Waals surface area contributed by atoms with Gasteiger partial charge in [-0.1, -0.05) is 0 Å². The topological polar surface area (TPSA) is 31.6 Å². The molecule has 4 nitrogen and oxygen atoms in total. The van der Waals surface area contributed by atoms with Gasteiger partial charge in [0, 0.05) is 57.3 Å². The first kappa shape index (κ1) is 13.1. The van der Waals surface area contributed by atoms with Crippen LogP contribution < -0.4 is 4.90 Å². The summed E-state index contributed by atoms with van der Waals surface area (Å²) in [5.74, 6) is 0.330. The van der Waals surface area contributed by atoms with Gasteiger partial charge in [-0.05, 0) is 36.4 Å². The monoisotopic (exact) mass is 271 g/mol. The van der Waals surface area contributed by atoms with Crippen molar-refractivity contribution in [1.82, 2.24) is 9.47 Å². The average molecular weight is 271 g/mol. The second-order valence-electron chi connectivity index (χ2n) is 5.39. The zero-order valence-electron chi connectivity index (χ0n) is 11.9. The summed E-state index contributed by atoms with van der Waals surface area (Å²) in [7, 11) is 2.10. The Morgan fingerprint density at radius 3 is 2.30 bits per heavy atom. The molecule has 4 heteroatoms. The highest BCUT2D eigenvalue weighted by Crippen LogP contribution is 2.20.